The Hall–Kier alpha value is -3.04. The van der Waals surface area contributed by atoms with Crippen molar-refractivity contribution in [2.45, 2.75) is 13.0 Å². The summed E-state index contributed by atoms with van der Waals surface area (Å²) in [5, 5.41) is 10.9. The van der Waals surface area contributed by atoms with Crippen LogP contribution >= 0.6 is 23.2 Å². The van der Waals surface area contributed by atoms with E-state index in [1.165, 1.54) is 53.6 Å². The molecule has 1 N–H and O–H groups in total. The van der Waals surface area contributed by atoms with Crippen LogP contribution in [0.5, 0.6) is 23.0 Å². The molecule has 0 bridgehead atoms. The highest BCUT2D eigenvalue weighted by Gasteiger charge is 2.26. The van der Waals surface area contributed by atoms with Crippen molar-refractivity contribution in [3.8, 4) is 23.0 Å². The van der Waals surface area contributed by atoms with Gasteiger partial charge in [-0.05, 0) is 19.1 Å². The van der Waals surface area contributed by atoms with Gasteiger partial charge in [-0.15, -0.1) is 0 Å². The van der Waals surface area contributed by atoms with E-state index in [-0.39, 0.29) is 27.2 Å². The molecule has 0 radical (unpaired) electrons. The van der Waals surface area contributed by atoms with Crippen molar-refractivity contribution in [2.24, 2.45) is 10.2 Å². The van der Waals surface area contributed by atoms with E-state index in [4.69, 9.17) is 42.1 Å². The monoisotopic (exact) mass is 469 g/mol. The predicted molar refractivity (Wildman–Crippen MR) is 117 cm³/mol. The normalized spacial score (nSPS) is 11.7. The summed E-state index contributed by atoms with van der Waals surface area (Å²) in [7, 11) is 5.70. The number of azo groups is 1. The molecule has 2 rings (SSSR count). The molecule has 1 atom stereocenters. The lowest BCUT2D eigenvalue weighted by Gasteiger charge is -2.16. The van der Waals surface area contributed by atoms with Gasteiger partial charge in [0.25, 0.3) is 5.91 Å². The molecule has 0 saturated heterocycles. The third-order valence-corrected chi connectivity index (χ3v) is 4.78. The third-order valence-electron chi connectivity index (χ3n) is 4.10. The van der Waals surface area contributed by atoms with Crippen molar-refractivity contribution in [2.75, 3.05) is 33.8 Å². The highest BCUT2D eigenvalue weighted by Crippen LogP contribution is 2.41. The van der Waals surface area contributed by atoms with Gasteiger partial charge in [0, 0.05) is 12.1 Å². The number of rotatable bonds is 9. The molecule has 0 aliphatic carbocycles. The van der Waals surface area contributed by atoms with Gasteiger partial charge in [-0.2, -0.15) is 10.2 Å². The quantitative estimate of drug-likeness (QED) is 0.420. The van der Waals surface area contributed by atoms with Crippen molar-refractivity contribution in [3.63, 3.8) is 0 Å². The number of carbonyl (C=O) groups is 2. The van der Waals surface area contributed by atoms with E-state index < -0.39 is 17.7 Å². The number of hydrogen-bond donors (Lipinski definition) is 1. The number of nitrogens with one attached hydrogen (secondary N) is 1. The van der Waals surface area contributed by atoms with Gasteiger partial charge in [0.1, 0.15) is 22.2 Å². The summed E-state index contributed by atoms with van der Waals surface area (Å²) in [6.07, 6.45) is 0. The second kappa shape index (κ2) is 10.8. The number of ether oxygens (including phenoxy) is 4. The molecule has 2 aromatic rings. The zero-order chi connectivity index (χ0) is 23.1. The molecule has 31 heavy (non-hydrogen) atoms. The van der Waals surface area contributed by atoms with E-state index in [1.807, 2.05) is 0 Å². The first kappa shape index (κ1) is 24.2. The number of benzene rings is 2. The summed E-state index contributed by atoms with van der Waals surface area (Å²) < 4.78 is 20.8. The number of halogens is 2. The molecule has 0 spiro atoms. The predicted octanol–water partition coefficient (Wildman–Crippen LogP) is 4.71. The van der Waals surface area contributed by atoms with Crippen molar-refractivity contribution in [1.29, 1.82) is 0 Å². The third kappa shape index (κ3) is 5.56. The van der Waals surface area contributed by atoms with Gasteiger partial charge in [-0.25, -0.2) is 0 Å². The van der Waals surface area contributed by atoms with Crippen LogP contribution < -0.4 is 24.3 Å². The Morgan fingerprint density at radius 3 is 2.00 bits per heavy atom. The highest BCUT2D eigenvalue weighted by molar-refractivity contribution is 6.34. The van der Waals surface area contributed by atoms with E-state index in [1.54, 1.807) is 6.07 Å². The highest BCUT2D eigenvalue weighted by atomic mass is 35.5. The number of anilines is 1. The fourth-order valence-corrected chi connectivity index (χ4v) is 3.03. The minimum absolute atomic E-state index is 0.143. The van der Waals surface area contributed by atoms with E-state index >= 15 is 0 Å². The topological polar surface area (TPSA) is 108 Å². The Bertz CT molecular complexity index is 988. The maximum Gasteiger partial charge on any atom is 0.258 e. The van der Waals surface area contributed by atoms with Crippen molar-refractivity contribution in [3.05, 3.63) is 34.3 Å². The number of amides is 1. The number of nitrogens with zero attached hydrogens (tertiary/aromatic N) is 2. The smallest absolute Gasteiger partial charge is 0.258 e. The summed E-state index contributed by atoms with van der Waals surface area (Å²) in [6.45, 7) is 1.22. The zero-order valence-electron chi connectivity index (χ0n) is 17.5. The van der Waals surface area contributed by atoms with Crippen LogP contribution in [0.1, 0.15) is 6.92 Å². The summed E-state index contributed by atoms with van der Waals surface area (Å²) in [5.74, 6) is -0.138. The lowest BCUT2D eigenvalue weighted by Crippen LogP contribution is -2.32. The molecule has 1 amide bonds. The second-order valence-electron chi connectivity index (χ2n) is 6.04. The van der Waals surface area contributed by atoms with Crippen LogP contribution in [0.4, 0.5) is 11.4 Å². The molecule has 166 valence electrons. The van der Waals surface area contributed by atoms with Gasteiger partial charge in [0.05, 0.1) is 39.1 Å². The fourth-order valence-electron chi connectivity index (χ4n) is 2.57. The van der Waals surface area contributed by atoms with Crippen LogP contribution in [0.3, 0.4) is 0 Å². The zero-order valence-corrected chi connectivity index (χ0v) is 19.0. The number of ketones is 1. The van der Waals surface area contributed by atoms with Crippen LogP contribution in [-0.4, -0.2) is 46.2 Å². The SMILES string of the molecule is COc1cc(N=NC(C(C)=O)C(=O)Nc2c(Cl)ccc(OC)c2OC)cc(OC)c1Cl. The minimum Gasteiger partial charge on any atom is -0.495 e. The molecular weight excluding hydrogens is 449 g/mol. The largest absolute Gasteiger partial charge is 0.495 e. The number of methoxy groups -OCH3 is 4. The Kier molecular flexibility index (Phi) is 8.47. The van der Waals surface area contributed by atoms with Crippen molar-refractivity contribution >= 4 is 46.3 Å². The van der Waals surface area contributed by atoms with Crippen LogP contribution in [-0.2, 0) is 9.59 Å². The first-order chi connectivity index (χ1) is 14.8. The molecule has 0 aliphatic heterocycles. The van der Waals surface area contributed by atoms with Crippen molar-refractivity contribution < 1.29 is 28.5 Å². The standard InChI is InChI=1S/C20H21Cl2N3O6/c1-10(26)17(25-24-11-8-14(29-3)16(22)15(9-11)30-4)20(27)23-18-12(21)6-7-13(28-2)19(18)31-5/h6-9,17H,1-5H3,(H,23,27). The lowest BCUT2D eigenvalue weighted by molar-refractivity contribution is -0.126. The average Bonchev–Trinajstić information content (AvgIpc) is 2.75. The maximum absolute atomic E-state index is 12.8. The summed E-state index contributed by atoms with van der Waals surface area (Å²) in [6, 6.07) is 4.64. The number of Topliss-reactive ketones (excluding diaryl/α,β-unsaturated/α-hetero) is 1. The molecular formula is C20H21Cl2N3O6. The Balaban J connectivity index is 2.36. The lowest BCUT2D eigenvalue weighted by atomic mass is 10.2. The minimum atomic E-state index is -1.44. The van der Waals surface area contributed by atoms with Gasteiger partial charge < -0.3 is 24.3 Å². The fraction of sp³-hybridized carbons (Fsp3) is 0.300. The summed E-state index contributed by atoms with van der Waals surface area (Å²) >= 11 is 12.3. The molecule has 0 fully saturated rings. The molecule has 1 unspecified atom stereocenters. The van der Waals surface area contributed by atoms with E-state index in [0.29, 0.717) is 17.2 Å². The molecule has 9 nitrogen and oxygen atoms in total. The molecule has 11 heteroatoms. The molecule has 0 saturated carbocycles. The first-order valence-electron chi connectivity index (χ1n) is 8.81. The molecule has 0 aromatic heterocycles. The summed E-state index contributed by atoms with van der Waals surface area (Å²) in [5.41, 5.74) is 0.416. The van der Waals surface area contributed by atoms with E-state index in [2.05, 4.69) is 15.5 Å². The van der Waals surface area contributed by atoms with Crippen LogP contribution in [0.25, 0.3) is 0 Å². The molecule has 0 heterocycles. The van der Waals surface area contributed by atoms with Crippen LogP contribution in [0, 0.1) is 0 Å². The van der Waals surface area contributed by atoms with Gasteiger partial charge >= 0.3 is 0 Å². The Morgan fingerprint density at radius 1 is 0.935 bits per heavy atom. The average molecular weight is 470 g/mol. The summed E-state index contributed by atoms with van der Waals surface area (Å²) in [4.78, 5) is 24.9. The molecule has 2 aromatic carbocycles. The van der Waals surface area contributed by atoms with Crippen LogP contribution in [0.15, 0.2) is 34.5 Å². The maximum atomic E-state index is 12.8. The molecule has 0 aliphatic rings. The second-order valence-corrected chi connectivity index (χ2v) is 6.83. The number of carbonyl (C=O) groups excluding carboxylic acids is 2. The van der Waals surface area contributed by atoms with Crippen molar-refractivity contribution in [1.82, 2.24) is 0 Å². The Labute approximate surface area is 189 Å². The van der Waals surface area contributed by atoms with Crippen LogP contribution in [0.2, 0.25) is 10.0 Å². The van der Waals surface area contributed by atoms with Gasteiger partial charge in [-0.1, -0.05) is 23.2 Å². The first-order valence-corrected chi connectivity index (χ1v) is 9.57. The van der Waals surface area contributed by atoms with E-state index in [0.717, 1.165) is 0 Å². The van der Waals surface area contributed by atoms with E-state index in [9.17, 15) is 9.59 Å². The van der Waals surface area contributed by atoms with Gasteiger partial charge in [0.15, 0.2) is 17.3 Å². The number of hydrogen-bond acceptors (Lipinski definition) is 8. The van der Waals surface area contributed by atoms with Gasteiger partial charge in [-0.3, -0.25) is 9.59 Å². The van der Waals surface area contributed by atoms with Gasteiger partial charge in [0.2, 0.25) is 6.04 Å². The Morgan fingerprint density at radius 2 is 1.52 bits per heavy atom.